The molecule has 4 nitrogen and oxygen atoms in total. The normalized spacial score (nSPS) is 11.1. The Bertz CT molecular complexity index is 733. The van der Waals surface area contributed by atoms with Crippen molar-refractivity contribution in [3.8, 4) is 5.82 Å². The summed E-state index contributed by atoms with van der Waals surface area (Å²) in [5.41, 5.74) is 4.35. The van der Waals surface area contributed by atoms with E-state index >= 15 is 0 Å². The fourth-order valence-electron chi connectivity index (χ4n) is 1.91. The van der Waals surface area contributed by atoms with Crippen LogP contribution in [0.15, 0.2) is 30.9 Å². The summed E-state index contributed by atoms with van der Waals surface area (Å²) in [6.45, 7) is 4.15. The van der Waals surface area contributed by atoms with Crippen LogP contribution < -0.4 is 0 Å². The van der Waals surface area contributed by atoms with Crippen molar-refractivity contribution < 1.29 is 0 Å². The molecular weight excluding hydrogens is 248 g/mol. The first-order valence-electron chi connectivity index (χ1n) is 5.58. The van der Waals surface area contributed by atoms with Gasteiger partial charge in [0, 0.05) is 12.4 Å². The van der Waals surface area contributed by atoms with Crippen molar-refractivity contribution in [3.63, 3.8) is 0 Å². The van der Waals surface area contributed by atoms with Crippen LogP contribution >= 0.6 is 11.6 Å². The van der Waals surface area contributed by atoms with E-state index in [1.54, 1.807) is 18.7 Å². The molecule has 1 aromatic carbocycles. The van der Waals surface area contributed by atoms with Gasteiger partial charge in [-0.15, -0.1) is 0 Å². The van der Waals surface area contributed by atoms with Gasteiger partial charge in [0.1, 0.15) is 6.33 Å². The first-order chi connectivity index (χ1) is 8.66. The number of benzene rings is 1. The second-order valence-corrected chi connectivity index (χ2v) is 4.57. The minimum Gasteiger partial charge on any atom is -0.280 e. The highest BCUT2D eigenvalue weighted by atomic mass is 35.5. The molecular formula is C13H11ClN4. The topological polar surface area (TPSA) is 43.6 Å². The zero-order valence-electron chi connectivity index (χ0n) is 10.1. The predicted octanol–water partition coefficient (Wildman–Crippen LogP) is 3.09. The van der Waals surface area contributed by atoms with Crippen molar-refractivity contribution in [2.45, 2.75) is 13.8 Å². The Hall–Kier alpha value is -1.94. The van der Waals surface area contributed by atoms with E-state index in [2.05, 4.69) is 40.9 Å². The number of fused-ring (bicyclic) bond motifs is 1. The summed E-state index contributed by atoms with van der Waals surface area (Å²) >= 11 is 6.06. The minimum atomic E-state index is 0.370. The van der Waals surface area contributed by atoms with Crippen LogP contribution in [-0.4, -0.2) is 19.5 Å². The number of aryl methyl sites for hydroxylation is 2. The zero-order valence-corrected chi connectivity index (χ0v) is 10.8. The van der Waals surface area contributed by atoms with Crippen LogP contribution in [0.4, 0.5) is 0 Å². The highest BCUT2D eigenvalue weighted by molar-refractivity contribution is 6.31. The van der Waals surface area contributed by atoms with E-state index in [1.165, 1.54) is 11.1 Å². The van der Waals surface area contributed by atoms with Gasteiger partial charge in [0.25, 0.3) is 0 Å². The molecule has 0 bridgehead atoms. The van der Waals surface area contributed by atoms with Crippen molar-refractivity contribution in [1.29, 1.82) is 0 Å². The van der Waals surface area contributed by atoms with E-state index in [4.69, 9.17) is 11.6 Å². The maximum Gasteiger partial charge on any atom is 0.176 e. The maximum absolute atomic E-state index is 6.06. The fraction of sp³-hybridized carbons (Fsp3) is 0.154. The number of aromatic nitrogens is 4. The van der Waals surface area contributed by atoms with Crippen molar-refractivity contribution in [2.75, 3.05) is 0 Å². The molecule has 0 fully saturated rings. The molecule has 2 aromatic heterocycles. The minimum absolute atomic E-state index is 0.370. The second-order valence-electron chi connectivity index (χ2n) is 4.21. The summed E-state index contributed by atoms with van der Waals surface area (Å²) in [5, 5.41) is 0.370. The Kier molecular flexibility index (Phi) is 2.52. The summed E-state index contributed by atoms with van der Waals surface area (Å²) in [7, 11) is 0. The number of halogens is 1. The van der Waals surface area contributed by atoms with Gasteiger partial charge < -0.3 is 0 Å². The van der Waals surface area contributed by atoms with Gasteiger partial charge in [-0.3, -0.25) is 4.57 Å². The molecule has 0 aliphatic heterocycles. The Morgan fingerprint density at radius 2 is 1.72 bits per heavy atom. The predicted molar refractivity (Wildman–Crippen MR) is 71.1 cm³/mol. The van der Waals surface area contributed by atoms with E-state index in [-0.39, 0.29) is 0 Å². The molecule has 0 aliphatic rings. The molecule has 0 aliphatic carbocycles. The number of rotatable bonds is 1. The number of hydrogen-bond acceptors (Lipinski definition) is 3. The molecule has 3 rings (SSSR count). The summed E-state index contributed by atoms with van der Waals surface area (Å²) in [6.07, 6.45) is 4.91. The lowest BCUT2D eigenvalue weighted by atomic mass is 10.1. The molecule has 0 spiro atoms. The highest BCUT2D eigenvalue weighted by Crippen LogP contribution is 2.23. The van der Waals surface area contributed by atoms with Crippen LogP contribution in [0.25, 0.3) is 16.9 Å². The number of nitrogens with zero attached hydrogens (tertiary/aromatic N) is 4. The van der Waals surface area contributed by atoms with Crippen LogP contribution in [0.5, 0.6) is 0 Å². The van der Waals surface area contributed by atoms with Gasteiger partial charge in [-0.1, -0.05) is 11.6 Å². The average Bonchev–Trinajstić information content (AvgIpc) is 2.73. The van der Waals surface area contributed by atoms with Crippen LogP contribution in [0.1, 0.15) is 11.1 Å². The van der Waals surface area contributed by atoms with Gasteiger partial charge in [-0.2, -0.15) is 0 Å². The van der Waals surface area contributed by atoms with E-state index in [1.807, 2.05) is 4.57 Å². The zero-order chi connectivity index (χ0) is 12.7. The van der Waals surface area contributed by atoms with E-state index < -0.39 is 0 Å². The largest absolute Gasteiger partial charge is 0.280 e. The molecule has 0 unspecified atom stereocenters. The monoisotopic (exact) mass is 258 g/mol. The van der Waals surface area contributed by atoms with Gasteiger partial charge in [0.2, 0.25) is 0 Å². The first kappa shape index (κ1) is 11.2. The van der Waals surface area contributed by atoms with Gasteiger partial charge in [0.05, 0.1) is 11.0 Å². The third kappa shape index (κ3) is 1.66. The summed E-state index contributed by atoms with van der Waals surface area (Å²) in [5.74, 6) is 0.602. The van der Waals surface area contributed by atoms with Gasteiger partial charge in [-0.05, 0) is 37.1 Å². The molecule has 0 atom stereocenters. The van der Waals surface area contributed by atoms with E-state index in [9.17, 15) is 0 Å². The third-order valence-electron chi connectivity index (χ3n) is 3.03. The first-order valence-corrected chi connectivity index (χ1v) is 5.96. The molecule has 0 radical (unpaired) electrons. The quantitative estimate of drug-likeness (QED) is 0.674. The number of hydrogen-bond donors (Lipinski definition) is 0. The summed E-state index contributed by atoms with van der Waals surface area (Å²) < 4.78 is 1.86. The van der Waals surface area contributed by atoms with Crippen LogP contribution in [-0.2, 0) is 0 Å². The molecule has 0 amide bonds. The SMILES string of the molecule is Cc1cc2ncn(-c3nccnc3Cl)c2cc1C. The van der Waals surface area contributed by atoms with Gasteiger partial charge in [-0.25, -0.2) is 15.0 Å². The van der Waals surface area contributed by atoms with E-state index in [0.29, 0.717) is 11.0 Å². The van der Waals surface area contributed by atoms with Crippen LogP contribution in [0.2, 0.25) is 5.15 Å². The van der Waals surface area contributed by atoms with Crippen LogP contribution in [0, 0.1) is 13.8 Å². The number of imidazole rings is 1. The van der Waals surface area contributed by atoms with E-state index in [0.717, 1.165) is 11.0 Å². The van der Waals surface area contributed by atoms with Gasteiger partial charge in [0.15, 0.2) is 11.0 Å². The Balaban J connectivity index is 2.31. The molecule has 3 aromatic rings. The lowest BCUT2D eigenvalue weighted by molar-refractivity contribution is 0.995. The lowest BCUT2D eigenvalue weighted by Crippen LogP contribution is -1.98. The Morgan fingerprint density at radius 1 is 1.00 bits per heavy atom. The average molecular weight is 259 g/mol. The third-order valence-corrected chi connectivity index (χ3v) is 3.29. The molecule has 5 heteroatoms. The highest BCUT2D eigenvalue weighted by Gasteiger charge is 2.10. The molecule has 0 N–H and O–H groups in total. The lowest BCUT2D eigenvalue weighted by Gasteiger charge is -2.05. The van der Waals surface area contributed by atoms with Crippen molar-refractivity contribution in [2.24, 2.45) is 0 Å². The summed E-state index contributed by atoms with van der Waals surface area (Å²) in [4.78, 5) is 12.7. The smallest absolute Gasteiger partial charge is 0.176 e. The Morgan fingerprint density at radius 3 is 2.50 bits per heavy atom. The van der Waals surface area contributed by atoms with Crippen LogP contribution in [0.3, 0.4) is 0 Å². The molecule has 0 saturated carbocycles. The molecule has 0 saturated heterocycles. The van der Waals surface area contributed by atoms with Crippen molar-refractivity contribution in [3.05, 3.63) is 47.1 Å². The standard InChI is InChI=1S/C13H11ClN4/c1-8-5-10-11(6-9(8)2)18(7-17-10)13-12(14)15-3-4-16-13/h3-7H,1-2H3. The molecule has 18 heavy (non-hydrogen) atoms. The fourth-order valence-corrected chi connectivity index (χ4v) is 2.10. The summed E-state index contributed by atoms with van der Waals surface area (Å²) in [6, 6.07) is 4.15. The molecule has 2 heterocycles. The molecule has 90 valence electrons. The maximum atomic E-state index is 6.06. The van der Waals surface area contributed by atoms with Crippen molar-refractivity contribution >= 4 is 22.6 Å². The van der Waals surface area contributed by atoms with Crippen molar-refractivity contribution in [1.82, 2.24) is 19.5 Å². The Labute approximate surface area is 109 Å². The second kappa shape index (κ2) is 4.07. The van der Waals surface area contributed by atoms with Gasteiger partial charge >= 0.3 is 0 Å².